The number of phosphoric ester groups is 2. The lowest BCUT2D eigenvalue weighted by molar-refractivity contribution is -0.161. The van der Waals surface area contributed by atoms with Gasteiger partial charge in [-0.05, 0) is 37.5 Å². The first-order valence-corrected chi connectivity index (χ1v) is 45.5. The van der Waals surface area contributed by atoms with Crippen LogP contribution in [-0.4, -0.2) is 96.7 Å². The molecule has 101 heavy (non-hydrogen) atoms. The van der Waals surface area contributed by atoms with Crippen molar-refractivity contribution in [3.05, 3.63) is 0 Å². The number of esters is 4. The first-order valence-electron chi connectivity index (χ1n) is 42.5. The number of carbonyl (C=O) groups excluding carboxylic acids is 4. The summed E-state index contributed by atoms with van der Waals surface area (Å²) < 4.78 is 68.8. The molecular formula is C82H160O17P2. The van der Waals surface area contributed by atoms with Gasteiger partial charge in [0.1, 0.15) is 19.3 Å². The van der Waals surface area contributed by atoms with Gasteiger partial charge in [-0.25, -0.2) is 9.13 Å². The van der Waals surface area contributed by atoms with E-state index >= 15 is 0 Å². The van der Waals surface area contributed by atoms with Crippen LogP contribution in [0, 0.1) is 11.8 Å². The van der Waals surface area contributed by atoms with Gasteiger partial charge >= 0.3 is 39.5 Å². The van der Waals surface area contributed by atoms with Gasteiger partial charge in [-0.15, -0.1) is 0 Å². The predicted molar refractivity (Wildman–Crippen MR) is 414 cm³/mol. The van der Waals surface area contributed by atoms with Crippen LogP contribution in [0.5, 0.6) is 0 Å². The molecule has 19 heteroatoms. The third kappa shape index (κ3) is 74.7. The van der Waals surface area contributed by atoms with Crippen LogP contribution in [0.1, 0.15) is 433 Å². The number of carbonyl (C=O) groups is 4. The minimum Gasteiger partial charge on any atom is -0.462 e. The SMILES string of the molecule is CCCCCCCCCCCCCCCCCCCC(=O)O[C@H](COC(=O)CCCCCCCCCCCCCCCC(C)C)COP(=O)(O)OC[C@@H](O)COP(=O)(O)OC[C@@H](COC(=O)CCCCCCCCCCC(C)CC)OC(=O)CCCCCCCCCCCCCCCCCC. The Morgan fingerprint density at radius 1 is 0.287 bits per heavy atom. The zero-order chi connectivity index (χ0) is 74.2. The zero-order valence-corrected chi connectivity index (χ0v) is 68.0. The lowest BCUT2D eigenvalue weighted by atomic mass is 9.99. The van der Waals surface area contributed by atoms with Gasteiger partial charge in [0.25, 0.3) is 0 Å². The summed E-state index contributed by atoms with van der Waals surface area (Å²) in [6, 6.07) is 0. The topological polar surface area (TPSA) is 237 Å². The average Bonchev–Trinajstić information content (AvgIpc) is 0.929. The second kappa shape index (κ2) is 73.6. The maximum absolute atomic E-state index is 13.1. The summed E-state index contributed by atoms with van der Waals surface area (Å²) in [5, 5.41) is 10.7. The van der Waals surface area contributed by atoms with Crippen LogP contribution in [0.2, 0.25) is 0 Å². The standard InChI is InChI=1S/C82H160O17P2/c1-7-10-12-14-16-18-20-22-24-26-28-32-37-41-49-55-61-67-81(86)98-77(70-92-79(84)64-58-52-46-39-35-33-29-30-34-38-44-50-56-62-74(4)5)72-96-100(88,89)94-68-76(83)69-95-101(90,91)97-73-78(71-93-80(85)65-59-53-47-43-42-45-51-57-63-75(6)9-3)99-82(87)66-60-54-48-40-36-31-27-25-23-21-19-17-15-13-11-8-2/h74-78,83H,7-73H2,1-6H3,(H,88,89)(H,90,91)/t75?,76-,77-,78-/m1/s1. The number of rotatable bonds is 81. The first-order chi connectivity index (χ1) is 48.9. The summed E-state index contributed by atoms with van der Waals surface area (Å²) in [5.41, 5.74) is 0. The Labute approximate surface area is 619 Å². The Kier molecular flexibility index (Phi) is 72.2. The second-order valence-electron chi connectivity index (χ2n) is 30.2. The highest BCUT2D eigenvalue weighted by Crippen LogP contribution is 2.45. The number of aliphatic hydroxyl groups is 1. The Hall–Kier alpha value is -1.94. The van der Waals surface area contributed by atoms with Gasteiger partial charge in [0.2, 0.25) is 0 Å². The Bertz CT molecular complexity index is 1940. The quantitative estimate of drug-likeness (QED) is 0.0222. The van der Waals surface area contributed by atoms with Gasteiger partial charge < -0.3 is 33.8 Å². The van der Waals surface area contributed by atoms with E-state index in [1.807, 2.05) is 0 Å². The molecule has 0 aliphatic heterocycles. The fourth-order valence-corrected chi connectivity index (χ4v) is 14.3. The van der Waals surface area contributed by atoms with Crippen LogP contribution >= 0.6 is 15.6 Å². The van der Waals surface area contributed by atoms with E-state index in [1.54, 1.807) is 0 Å². The fourth-order valence-electron chi connectivity index (χ4n) is 12.7. The number of ether oxygens (including phenoxy) is 4. The molecule has 0 radical (unpaired) electrons. The molecule has 17 nitrogen and oxygen atoms in total. The normalized spacial score (nSPS) is 14.2. The van der Waals surface area contributed by atoms with E-state index < -0.39 is 97.5 Å². The molecular weight excluding hydrogens is 1320 g/mol. The van der Waals surface area contributed by atoms with Crippen molar-refractivity contribution in [2.75, 3.05) is 39.6 Å². The van der Waals surface area contributed by atoms with Crippen molar-refractivity contribution in [3.8, 4) is 0 Å². The van der Waals surface area contributed by atoms with E-state index in [4.69, 9.17) is 37.0 Å². The number of unbranched alkanes of at least 4 members (excludes halogenated alkanes) is 50. The molecule has 0 aromatic carbocycles. The molecule has 600 valence electrons. The largest absolute Gasteiger partial charge is 0.472 e. The molecule has 0 fully saturated rings. The van der Waals surface area contributed by atoms with Gasteiger partial charge in [0.15, 0.2) is 12.2 Å². The number of hydrogen-bond donors (Lipinski definition) is 3. The second-order valence-corrected chi connectivity index (χ2v) is 33.1. The van der Waals surface area contributed by atoms with E-state index in [0.29, 0.717) is 25.7 Å². The van der Waals surface area contributed by atoms with E-state index in [1.165, 1.54) is 250 Å². The predicted octanol–water partition coefficient (Wildman–Crippen LogP) is 24.7. The molecule has 0 aliphatic carbocycles. The number of aliphatic hydroxyl groups excluding tert-OH is 1. The van der Waals surface area contributed by atoms with Crippen molar-refractivity contribution >= 4 is 39.5 Å². The van der Waals surface area contributed by atoms with Crippen LogP contribution in [0.15, 0.2) is 0 Å². The van der Waals surface area contributed by atoms with Crippen molar-refractivity contribution in [2.24, 2.45) is 11.8 Å². The maximum atomic E-state index is 13.1. The van der Waals surface area contributed by atoms with Gasteiger partial charge in [-0.3, -0.25) is 37.3 Å². The Morgan fingerprint density at radius 2 is 0.505 bits per heavy atom. The van der Waals surface area contributed by atoms with Crippen molar-refractivity contribution < 1.29 is 80.2 Å². The van der Waals surface area contributed by atoms with Gasteiger partial charge in [0, 0.05) is 25.7 Å². The van der Waals surface area contributed by atoms with Crippen LogP contribution in [0.3, 0.4) is 0 Å². The third-order valence-corrected chi connectivity index (χ3v) is 21.5. The summed E-state index contributed by atoms with van der Waals surface area (Å²) in [6.45, 7) is 9.67. The molecule has 3 N–H and O–H groups in total. The van der Waals surface area contributed by atoms with Crippen LogP contribution in [0.25, 0.3) is 0 Å². The van der Waals surface area contributed by atoms with Crippen LogP contribution < -0.4 is 0 Å². The molecule has 0 aliphatic rings. The minimum absolute atomic E-state index is 0.108. The molecule has 0 heterocycles. The molecule has 0 aromatic rings. The lowest BCUT2D eigenvalue weighted by Gasteiger charge is -2.21. The fraction of sp³-hybridized carbons (Fsp3) is 0.951. The zero-order valence-electron chi connectivity index (χ0n) is 66.2. The molecule has 3 unspecified atom stereocenters. The molecule has 0 bridgehead atoms. The molecule has 0 rings (SSSR count). The number of hydrogen-bond acceptors (Lipinski definition) is 15. The molecule has 0 saturated carbocycles. The summed E-state index contributed by atoms with van der Waals surface area (Å²) in [7, 11) is -9.92. The highest BCUT2D eigenvalue weighted by atomic mass is 31.2. The molecule has 0 aromatic heterocycles. The molecule has 0 spiro atoms. The summed E-state index contributed by atoms with van der Waals surface area (Å²) in [4.78, 5) is 73.1. The maximum Gasteiger partial charge on any atom is 0.472 e. The molecule has 0 amide bonds. The van der Waals surface area contributed by atoms with Gasteiger partial charge in [-0.1, -0.05) is 382 Å². The third-order valence-electron chi connectivity index (χ3n) is 19.6. The first kappa shape index (κ1) is 99.1. The van der Waals surface area contributed by atoms with E-state index in [9.17, 15) is 43.2 Å². The molecule has 0 saturated heterocycles. The summed E-state index contributed by atoms with van der Waals surface area (Å²) in [6.07, 6.45) is 63.6. The van der Waals surface area contributed by atoms with E-state index in [2.05, 4.69) is 41.5 Å². The number of phosphoric acid groups is 2. The smallest absolute Gasteiger partial charge is 0.462 e. The van der Waals surface area contributed by atoms with Crippen molar-refractivity contribution in [3.63, 3.8) is 0 Å². The Morgan fingerprint density at radius 3 is 0.752 bits per heavy atom. The van der Waals surface area contributed by atoms with Crippen LogP contribution in [0.4, 0.5) is 0 Å². The highest BCUT2D eigenvalue weighted by Gasteiger charge is 2.30. The highest BCUT2D eigenvalue weighted by molar-refractivity contribution is 7.47. The van der Waals surface area contributed by atoms with Gasteiger partial charge in [0.05, 0.1) is 26.4 Å². The summed E-state index contributed by atoms with van der Waals surface area (Å²) in [5.74, 6) is -0.536. The Balaban J connectivity index is 5.27. The minimum atomic E-state index is -4.96. The average molecular weight is 1480 g/mol. The van der Waals surface area contributed by atoms with Crippen molar-refractivity contribution in [1.82, 2.24) is 0 Å². The monoisotopic (exact) mass is 1480 g/mol. The van der Waals surface area contributed by atoms with E-state index in [-0.39, 0.29) is 25.7 Å². The van der Waals surface area contributed by atoms with Gasteiger partial charge in [-0.2, -0.15) is 0 Å². The summed E-state index contributed by atoms with van der Waals surface area (Å²) >= 11 is 0. The lowest BCUT2D eigenvalue weighted by Crippen LogP contribution is -2.30. The van der Waals surface area contributed by atoms with Crippen molar-refractivity contribution in [1.29, 1.82) is 0 Å². The molecule has 6 atom stereocenters. The van der Waals surface area contributed by atoms with E-state index in [0.717, 1.165) is 102 Å². The van der Waals surface area contributed by atoms with Crippen LogP contribution in [-0.2, 0) is 65.4 Å². The van der Waals surface area contributed by atoms with Crippen molar-refractivity contribution in [2.45, 2.75) is 452 Å².